The highest BCUT2D eigenvalue weighted by Gasteiger charge is 2.31. The topological polar surface area (TPSA) is 88.5 Å². The molecule has 1 amide bonds. The molecule has 1 aromatic carbocycles. The van der Waals surface area contributed by atoms with Gasteiger partial charge < -0.3 is 13.9 Å². The molecule has 0 atom stereocenters. The fourth-order valence-electron chi connectivity index (χ4n) is 3.55. The quantitative estimate of drug-likeness (QED) is 0.658. The maximum Gasteiger partial charge on any atom is 0.276 e. The van der Waals surface area contributed by atoms with Gasteiger partial charge in [0, 0.05) is 43.7 Å². The molecular formula is C21H23N5O3. The van der Waals surface area contributed by atoms with E-state index in [4.69, 9.17) is 9.05 Å². The summed E-state index contributed by atoms with van der Waals surface area (Å²) in [5, 5.41) is 8.05. The summed E-state index contributed by atoms with van der Waals surface area (Å²) in [7, 11) is 0. The summed E-state index contributed by atoms with van der Waals surface area (Å²) in [5.74, 6) is 2.44. The number of piperazine rings is 1. The standard InChI is InChI=1S/C21H23N5O3/c1-14-2-4-16(5-3-14)20-22-19(29-24-20)13-25-8-10-26(11-9-25)21(27)17-12-18(28-23-17)15-6-7-15/h2-5,12,15H,6-11,13H2,1H3. The number of carbonyl (C=O) groups is 1. The largest absolute Gasteiger partial charge is 0.360 e. The number of amides is 1. The number of hydrogen-bond donors (Lipinski definition) is 0. The van der Waals surface area contributed by atoms with Crippen LogP contribution in [0.2, 0.25) is 0 Å². The molecule has 8 nitrogen and oxygen atoms in total. The highest BCUT2D eigenvalue weighted by Crippen LogP contribution is 2.40. The van der Waals surface area contributed by atoms with Crippen molar-refractivity contribution >= 4 is 5.91 Å². The Kier molecular flexibility index (Phi) is 4.63. The lowest BCUT2D eigenvalue weighted by Crippen LogP contribution is -2.48. The first-order valence-electron chi connectivity index (χ1n) is 10.0. The number of hydrogen-bond acceptors (Lipinski definition) is 7. The third-order valence-electron chi connectivity index (χ3n) is 5.52. The molecule has 2 aromatic heterocycles. The van der Waals surface area contributed by atoms with Gasteiger partial charge in [-0.05, 0) is 19.8 Å². The Morgan fingerprint density at radius 1 is 1.07 bits per heavy atom. The maximum absolute atomic E-state index is 12.6. The number of benzene rings is 1. The van der Waals surface area contributed by atoms with E-state index in [0.717, 1.165) is 37.3 Å². The van der Waals surface area contributed by atoms with E-state index in [-0.39, 0.29) is 5.91 Å². The fraction of sp³-hybridized carbons (Fsp3) is 0.429. The van der Waals surface area contributed by atoms with E-state index in [1.54, 1.807) is 6.07 Å². The third-order valence-corrected chi connectivity index (χ3v) is 5.52. The Hall–Kier alpha value is -3.00. The van der Waals surface area contributed by atoms with Gasteiger partial charge in [0.1, 0.15) is 5.76 Å². The van der Waals surface area contributed by atoms with Gasteiger partial charge in [-0.1, -0.05) is 40.1 Å². The lowest BCUT2D eigenvalue weighted by molar-refractivity contribution is 0.0605. The second kappa shape index (κ2) is 7.44. The molecule has 5 rings (SSSR count). The molecule has 1 aliphatic carbocycles. The van der Waals surface area contributed by atoms with Gasteiger partial charge in [0.05, 0.1) is 6.54 Å². The second-order valence-electron chi connectivity index (χ2n) is 7.83. The summed E-state index contributed by atoms with van der Waals surface area (Å²) in [4.78, 5) is 21.2. The van der Waals surface area contributed by atoms with Crippen molar-refractivity contribution in [2.45, 2.75) is 32.2 Å². The van der Waals surface area contributed by atoms with Gasteiger partial charge in [0.2, 0.25) is 11.7 Å². The summed E-state index contributed by atoms with van der Waals surface area (Å²) < 4.78 is 10.7. The van der Waals surface area contributed by atoms with Crippen LogP contribution in [0.4, 0.5) is 0 Å². The molecule has 3 aromatic rings. The van der Waals surface area contributed by atoms with Crippen LogP contribution >= 0.6 is 0 Å². The number of aryl methyl sites for hydroxylation is 1. The average molecular weight is 393 g/mol. The Balaban J connectivity index is 1.16. The van der Waals surface area contributed by atoms with E-state index in [2.05, 4.69) is 20.2 Å². The highest BCUT2D eigenvalue weighted by atomic mass is 16.5. The smallest absolute Gasteiger partial charge is 0.276 e. The zero-order valence-corrected chi connectivity index (χ0v) is 16.4. The predicted octanol–water partition coefficient (Wildman–Crippen LogP) is 2.87. The first kappa shape index (κ1) is 18.1. The number of aromatic nitrogens is 3. The fourth-order valence-corrected chi connectivity index (χ4v) is 3.55. The Morgan fingerprint density at radius 2 is 1.83 bits per heavy atom. The third kappa shape index (κ3) is 3.93. The van der Waals surface area contributed by atoms with E-state index in [9.17, 15) is 4.79 Å². The minimum atomic E-state index is -0.0558. The van der Waals surface area contributed by atoms with Crippen molar-refractivity contribution in [2.75, 3.05) is 26.2 Å². The first-order valence-corrected chi connectivity index (χ1v) is 10.0. The van der Waals surface area contributed by atoms with Crippen LogP contribution in [0.1, 0.15) is 46.5 Å². The monoisotopic (exact) mass is 393 g/mol. The van der Waals surface area contributed by atoms with Crippen molar-refractivity contribution < 1.29 is 13.8 Å². The van der Waals surface area contributed by atoms with Crippen LogP contribution < -0.4 is 0 Å². The molecule has 3 heterocycles. The lowest BCUT2D eigenvalue weighted by atomic mass is 10.1. The molecule has 8 heteroatoms. The van der Waals surface area contributed by atoms with Gasteiger partial charge >= 0.3 is 0 Å². The molecule has 1 saturated carbocycles. The first-order chi connectivity index (χ1) is 14.2. The van der Waals surface area contributed by atoms with Gasteiger partial charge in [-0.15, -0.1) is 0 Å². The predicted molar refractivity (Wildman–Crippen MR) is 104 cm³/mol. The van der Waals surface area contributed by atoms with Crippen molar-refractivity contribution in [2.24, 2.45) is 0 Å². The average Bonchev–Trinajstić information content (AvgIpc) is 3.29. The molecule has 0 spiro atoms. The van der Waals surface area contributed by atoms with E-state index in [0.29, 0.717) is 43.0 Å². The molecule has 0 unspecified atom stereocenters. The molecule has 0 radical (unpaired) electrons. The zero-order chi connectivity index (χ0) is 19.8. The molecule has 150 valence electrons. The van der Waals surface area contributed by atoms with E-state index < -0.39 is 0 Å². The van der Waals surface area contributed by atoms with Crippen molar-refractivity contribution in [3.63, 3.8) is 0 Å². The van der Waals surface area contributed by atoms with Crippen LogP contribution in [0.3, 0.4) is 0 Å². The minimum Gasteiger partial charge on any atom is -0.360 e. The Labute approximate surface area is 168 Å². The highest BCUT2D eigenvalue weighted by molar-refractivity contribution is 5.92. The summed E-state index contributed by atoms with van der Waals surface area (Å²) >= 11 is 0. The van der Waals surface area contributed by atoms with Crippen LogP contribution in [0.5, 0.6) is 0 Å². The van der Waals surface area contributed by atoms with Gasteiger partial charge in [0.15, 0.2) is 5.69 Å². The van der Waals surface area contributed by atoms with Crippen LogP contribution in [0, 0.1) is 6.92 Å². The molecule has 0 bridgehead atoms. The minimum absolute atomic E-state index is 0.0558. The molecule has 2 fully saturated rings. The lowest BCUT2D eigenvalue weighted by Gasteiger charge is -2.33. The van der Waals surface area contributed by atoms with Crippen molar-refractivity contribution in [3.05, 3.63) is 53.2 Å². The Bertz CT molecular complexity index is 998. The van der Waals surface area contributed by atoms with E-state index in [1.807, 2.05) is 36.1 Å². The molecule has 2 aliphatic rings. The van der Waals surface area contributed by atoms with E-state index >= 15 is 0 Å². The van der Waals surface area contributed by atoms with Crippen molar-refractivity contribution in [1.29, 1.82) is 0 Å². The van der Waals surface area contributed by atoms with Crippen LogP contribution in [0.15, 0.2) is 39.4 Å². The zero-order valence-electron chi connectivity index (χ0n) is 16.4. The summed E-state index contributed by atoms with van der Waals surface area (Å²) in [6.07, 6.45) is 2.26. The molecule has 1 saturated heterocycles. The number of nitrogens with zero attached hydrogens (tertiary/aromatic N) is 5. The number of rotatable bonds is 5. The van der Waals surface area contributed by atoms with Gasteiger partial charge in [0.25, 0.3) is 5.91 Å². The summed E-state index contributed by atoms with van der Waals surface area (Å²) in [5.41, 5.74) is 2.55. The van der Waals surface area contributed by atoms with Crippen molar-refractivity contribution in [1.82, 2.24) is 25.1 Å². The molecule has 1 aliphatic heterocycles. The number of carbonyl (C=O) groups excluding carboxylic acids is 1. The normalized spacial score (nSPS) is 17.6. The van der Waals surface area contributed by atoms with Gasteiger partial charge in [-0.2, -0.15) is 4.98 Å². The molecule has 0 N–H and O–H groups in total. The summed E-state index contributed by atoms with van der Waals surface area (Å²) in [6.45, 7) is 5.41. The molecule has 29 heavy (non-hydrogen) atoms. The van der Waals surface area contributed by atoms with Crippen LogP contribution in [-0.4, -0.2) is 57.2 Å². The summed E-state index contributed by atoms with van der Waals surface area (Å²) in [6, 6.07) is 9.85. The van der Waals surface area contributed by atoms with Gasteiger partial charge in [-0.3, -0.25) is 9.69 Å². The van der Waals surface area contributed by atoms with Gasteiger partial charge in [-0.25, -0.2) is 0 Å². The Morgan fingerprint density at radius 3 is 2.55 bits per heavy atom. The second-order valence-corrected chi connectivity index (χ2v) is 7.83. The van der Waals surface area contributed by atoms with Crippen molar-refractivity contribution in [3.8, 4) is 11.4 Å². The van der Waals surface area contributed by atoms with Crippen LogP contribution in [-0.2, 0) is 6.54 Å². The molecular weight excluding hydrogens is 370 g/mol. The SMILES string of the molecule is Cc1ccc(-c2noc(CN3CCN(C(=O)c4cc(C5CC5)on4)CC3)n2)cc1. The van der Waals surface area contributed by atoms with Crippen LogP contribution in [0.25, 0.3) is 11.4 Å². The maximum atomic E-state index is 12.6. The van der Waals surface area contributed by atoms with E-state index in [1.165, 1.54) is 5.56 Å².